The van der Waals surface area contributed by atoms with Gasteiger partial charge in [0, 0.05) is 178 Å². The largest absolute Gasteiger partial charge is 0.282 e. The molecule has 0 aliphatic carbocycles. The highest BCUT2D eigenvalue weighted by Crippen LogP contribution is 2.79. The zero-order valence-electron chi connectivity index (χ0n) is 35.9. The Labute approximate surface area is 386 Å². The first-order valence-electron chi connectivity index (χ1n) is 25.7. The van der Waals surface area contributed by atoms with E-state index < -0.39 is 10.0 Å². The van der Waals surface area contributed by atoms with Crippen molar-refractivity contribution in [2.24, 2.45) is 0 Å². The number of rotatable bonds is 4. The molecule has 1 N–H and O–H groups in total. The van der Waals surface area contributed by atoms with Crippen molar-refractivity contribution in [1.82, 2.24) is 0 Å². The van der Waals surface area contributed by atoms with Crippen molar-refractivity contribution in [1.29, 1.82) is 0 Å². The maximum absolute atomic E-state index is 15.6. The minimum Gasteiger partial charge on any atom is -0.282 e. The molecule has 4 heteroatoms. The molecule has 0 radical (unpaired) electrons. The fourth-order valence-electron chi connectivity index (χ4n) is 23.0. The van der Waals surface area contributed by atoms with Gasteiger partial charge in [0.2, 0.25) is 10.0 Å². The molecular weight excluding hydrogens is 883 g/mol. The molecule has 0 saturated carbocycles. The lowest BCUT2D eigenvalue weighted by molar-refractivity contribution is 0.600. The average Bonchev–Trinajstić information content (AvgIpc) is 4.23. The van der Waals surface area contributed by atoms with Crippen LogP contribution in [0.3, 0.4) is 0 Å². The number of nitrogens with one attached hydrogen (secondary N) is 1. The third kappa shape index (κ3) is 1.64. The van der Waals surface area contributed by atoms with Gasteiger partial charge in [0.05, 0.1) is 11.4 Å². The topological polar surface area (TPSA) is 46.2 Å². The van der Waals surface area contributed by atoms with Crippen molar-refractivity contribution in [2.75, 3.05) is 4.72 Å². The van der Waals surface area contributed by atoms with Gasteiger partial charge in [-0.05, 0) is 146 Å². The quantitative estimate of drug-likeness (QED) is 0.179. The molecule has 300 valence electrons. The van der Waals surface area contributed by atoms with Crippen LogP contribution >= 0.6 is 0 Å². The van der Waals surface area contributed by atoms with Crippen LogP contribution < -0.4 is 4.72 Å². The Bertz CT molecular complexity index is 7560. The lowest BCUT2D eigenvalue weighted by Gasteiger charge is -2.19. The summed E-state index contributed by atoms with van der Waals surface area (Å²) in [6.07, 6.45) is 0. The van der Waals surface area contributed by atoms with Gasteiger partial charge in [-0.15, -0.1) is 0 Å². The van der Waals surface area contributed by atoms with Crippen LogP contribution in [0.4, 0.5) is 5.69 Å². The van der Waals surface area contributed by atoms with Gasteiger partial charge in [0.1, 0.15) is 0 Å². The third-order valence-electron chi connectivity index (χ3n) is 23.6. The van der Waals surface area contributed by atoms with Gasteiger partial charge in [-0.25, -0.2) is 8.42 Å². The van der Waals surface area contributed by atoms with E-state index in [2.05, 4.69) is 10.8 Å². The summed E-state index contributed by atoms with van der Waals surface area (Å²) in [5, 5.41) is 86.0. The molecule has 0 spiro atoms. The van der Waals surface area contributed by atoms with E-state index in [-0.39, 0.29) is 5.75 Å². The van der Waals surface area contributed by atoms with E-state index in [0.717, 1.165) is 22.0 Å². The summed E-state index contributed by atoms with van der Waals surface area (Å²) in [5.74, 6) is -0.0784. The zero-order valence-corrected chi connectivity index (χ0v) is 36.7. The summed E-state index contributed by atoms with van der Waals surface area (Å²) >= 11 is 0. The minimum atomic E-state index is -3.93. The monoisotopic (exact) mass is 891 g/mol. The normalized spacial score (nSPS) is 16.9. The predicted molar refractivity (Wildman–Crippen MR) is 304 cm³/mol. The molecule has 0 fully saturated rings. The SMILES string of the molecule is O=S(=O)(Cc1ccccc1)Nc1c2c3c4cc5c6c7c1c1c8c2c2c9c3c3c%10c4c4c5c5c6c6c%11c7c1c1c7c8c2c2c8c9c3c3c9c%10c4c4c5c5c6c6c%11c1c1c7c2c2c8c3c3c9c4c5c4c6c1c2c34. The van der Waals surface area contributed by atoms with Gasteiger partial charge in [-0.2, -0.15) is 0 Å². The number of hydrogen-bond acceptors (Lipinski definition) is 2. The highest BCUT2D eigenvalue weighted by atomic mass is 32.2. The van der Waals surface area contributed by atoms with E-state index in [4.69, 9.17) is 0 Å². The molecule has 0 heterocycles. The maximum Gasteiger partial charge on any atom is 0.236 e. The van der Waals surface area contributed by atoms with Crippen LogP contribution in [0.1, 0.15) is 5.56 Å². The molecule has 3 nitrogen and oxygen atoms in total. The third-order valence-corrected chi connectivity index (χ3v) is 24.8. The standard InChI is InChI=1S/C67H9NO2S/c69-71(70,7-8-4-2-1-3-5-8)68-67-65-14-10-6-9-11-15-12(10)18-22-19(14)26-34-29(22)36-33-25(18)21(15)28-23-16(11)17-13(9)20-27-30-24(17)32-31(23)38-35(28)40(33)45-42(36)46-41(34)55-52-49(46)50-47(45)43(38)44-39(32)37(30)54-51(48(44)50)53(52)56-57(54)61(27)64(66(20)67)62-59(56)58(55)60(26)63(62)65/h1-6,68H,7H2. The second kappa shape index (κ2) is 6.46. The van der Waals surface area contributed by atoms with Crippen molar-refractivity contribution < 1.29 is 8.42 Å². The molecule has 0 atom stereocenters. The molecule has 0 unspecified atom stereocenters. The molecule has 0 aromatic heterocycles. The van der Waals surface area contributed by atoms with Gasteiger partial charge in [-0.1, -0.05) is 30.3 Å². The van der Waals surface area contributed by atoms with Crippen molar-refractivity contribution in [3.05, 3.63) is 42.0 Å². The smallest absolute Gasteiger partial charge is 0.236 e. The lowest BCUT2D eigenvalue weighted by Crippen LogP contribution is -2.15. The molecule has 0 saturated heterocycles. The fourth-order valence-corrected chi connectivity index (χ4v) is 24.2. The number of anilines is 1. The molecule has 0 aliphatic heterocycles. The summed E-state index contributed by atoms with van der Waals surface area (Å²) in [7, 11) is -3.93. The zero-order chi connectivity index (χ0) is 42.8. The van der Waals surface area contributed by atoms with Crippen molar-refractivity contribution >= 4 is 328 Å². The van der Waals surface area contributed by atoms with Crippen LogP contribution in [0.2, 0.25) is 0 Å². The van der Waals surface area contributed by atoms with Gasteiger partial charge in [0.15, 0.2) is 0 Å². The highest BCUT2D eigenvalue weighted by Gasteiger charge is 2.50. The van der Waals surface area contributed by atoms with E-state index in [9.17, 15) is 0 Å². The van der Waals surface area contributed by atoms with Gasteiger partial charge < -0.3 is 0 Å². The van der Waals surface area contributed by atoms with Crippen LogP contribution in [-0.4, -0.2) is 8.42 Å². The Morgan fingerprint density at radius 3 is 0.690 bits per heavy atom. The molecule has 31 aromatic carbocycles. The van der Waals surface area contributed by atoms with E-state index in [1.807, 2.05) is 30.3 Å². The summed E-state index contributed by atoms with van der Waals surface area (Å²) in [6.45, 7) is 0. The predicted octanol–water partition coefficient (Wildman–Crippen LogP) is 18.6. The number of benzene rings is 20. The molecule has 31 aromatic rings. The van der Waals surface area contributed by atoms with Gasteiger partial charge in [0.25, 0.3) is 0 Å². The Kier molecular flexibility index (Phi) is 2.49. The molecule has 31 rings (SSSR count). The van der Waals surface area contributed by atoms with Crippen molar-refractivity contribution in [2.45, 2.75) is 5.75 Å². The maximum atomic E-state index is 15.6. The van der Waals surface area contributed by atoms with E-state index >= 15 is 8.42 Å². The van der Waals surface area contributed by atoms with Crippen molar-refractivity contribution in [3.63, 3.8) is 0 Å². The van der Waals surface area contributed by atoms with Crippen LogP contribution in [0.25, 0.3) is 312 Å². The van der Waals surface area contributed by atoms with Gasteiger partial charge in [-0.3, -0.25) is 4.72 Å². The van der Waals surface area contributed by atoms with E-state index in [0.29, 0.717) is 0 Å². The number of fused-ring (bicyclic) bond motifs is 5. The van der Waals surface area contributed by atoms with Crippen molar-refractivity contribution in [3.8, 4) is 0 Å². The Balaban J connectivity index is 1.16. The van der Waals surface area contributed by atoms with E-state index in [1.165, 1.54) is 189 Å². The summed E-state index contributed by atoms with van der Waals surface area (Å²) in [4.78, 5) is 0. The van der Waals surface area contributed by atoms with Crippen LogP contribution in [0.15, 0.2) is 36.4 Å². The van der Waals surface area contributed by atoms with Crippen LogP contribution in [0.5, 0.6) is 0 Å². The average molecular weight is 892 g/mol. The first-order valence-corrected chi connectivity index (χ1v) is 27.3. The molecule has 0 aliphatic rings. The van der Waals surface area contributed by atoms with Crippen LogP contribution in [0, 0.1) is 0 Å². The first kappa shape index (κ1) is 27.4. The number of hydrogen-bond donors (Lipinski definition) is 1. The van der Waals surface area contributed by atoms with Crippen LogP contribution in [-0.2, 0) is 15.8 Å². The second-order valence-corrected chi connectivity index (χ2v) is 26.4. The molecule has 0 bridgehead atoms. The molecule has 0 amide bonds. The summed E-state index contributed by atoms with van der Waals surface area (Å²) in [5.41, 5.74) is 1.64. The Morgan fingerprint density at radius 1 is 0.239 bits per heavy atom. The van der Waals surface area contributed by atoms with E-state index in [1.54, 1.807) is 113 Å². The molecule has 71 heavy (non-hydrogen) atoms. The summed E-state index contributed by atoms with van der Waals surface area (Å²) in [6, 6.07) is 12.6. The number of sulfonamides is 1. The minimum absolute atomic E-state index is 0.0784. The fraction of sp³-hybridized carbons (Fsp3) is 0.0149. The second-order valence-electron chi connectivity index (χ2n) is 24.7. The molecular formula is C67H9NO2S. The van der Waals surface area contributed by atoms with Gasteiger partial charge >= 0.3 is 0 Å². The highest BCUT2D eigenvalue weighted by molar-refractivity contribution is 7.92. The first-order chi connectivity index (χ1) is 35.2. The Hall–Kier alpha value is -8.83. The summed E-state index contributed by atoms with van der Waals surface area (Å²) < 4.78 is 34.8. The lowest BCUT2D eigenvalue weighted by atomic mass is 9.85. The Morgan fingerprint density at radius 2 is 0.423 bits per heavy atom.